The second-order valence-corrected chi connectivity index (χ2v) is 15.2. The van der Waals surface area contributed by atoms with Crippen molar-refractivity contribution in [3.05, 3.63) is 64.7 Å². The lowest BCUT2D eigenvalue weighted by atomic mass is 9.82. The number of aryl methyl sites for hydroxylation is 2. The van der Waals surface area contributed by atoms with Crippen LogP contribution in [0.25, 0.3) is 42.9 Å². The van der Waals surface area contributed by atoms with Gasteiger partial charge in [-0.2, -0.15) is 0 Å². The van der Waals surface area contributed by atoms with Gasteiger partial charge < -0.3 is 0 Å². The molecule has 0 saturated heterocycles. The monoisotopic (exact) mass is 510 g/mol. The Morgan fingerprint density at radius 3 is 2.08 bits per heavy atom. The lowest BCUT2D eigenvalue weighted by Gasteiger charge is -2.27. The van der Waals surface area contributed by atoms with Gasteiger partial charge in [-0.25, -0.2) is 4.57 Å². The Labute approximate surface area is 223 Å². The summed E-state index contributed by atoms with van der Waals surface area (Å²) in [6, 6.07) is 16.0. The lowest BCUT2D eigenvalue weighted by Crippen LogP contribution is -2.31. The minimum absolute atomic E-state index is 0.194. The van der Waals surface area contributed by atoms with Gasteiger partial charge in [0.1, 0.15) is 7.05 Å². The van der Waals surface area contributed by atoms with E-state index in [9.17, 15) is 0 Å². The highest BCUT2D eigenvalue weighted by Gasteiger charge is 2.35. The van der Waals surface area contributed by atoms with Crippen LogP contribution in [0.5, 0.6) is 0 Å². The van der Waals surface area contributed by atoms with Crippen LogP contribution >= 0.6 is 23.1 Å². The molecule has 0 unspecified atom stereocenters. The van der Waals surface area contributed by atoms with Crippen molar-refractivity contribution in [1.82, 2.24) is 0 Å². The van der Waals surface area contributed by atoms with Gasteiger partial charge >= 0.3 is 0 Å². The van der Waals surface area contributed by atoms with Gasteiger partial charge in [0.2, 0.25) is 5.69 Å². The van der Waals surface area contributed by atoms with Crippen LogP contribution < -0.4 is 4.57 Å². The van der Waals surface area contributed by atoms with Gasteiger partial charge in [-0.05, 0) is 75.4 Å². The topological polar surface area (TPSA) is 3.88 Å². The van der Waals surface area contributed by atoms with Crippen molar-refractivity contribution >= 4 is 54.7 Å². The van der Waals surface area contributed by atoms with Crippen molar-refractivity contribution in [2.75, 3.05) is 0 Å². The van der Waals surface area contributed by atoms with Crippen LogP contribution in [0.15, 0.2) is 58.5 Å². The van der Waals surface area contributed by atoms with E-state index in [1.165, 1.54) is 63.8 Å². The van der Waals surface area contributed by atoms with E-state index >= 15 is 0 Å². The molecule has 0 atom stereocenters. The van der Waals surface area contributed by atoms with Crippen molar-refractivity contribution in [1.29, 1.82) is 0 Å². The predicted molar refractivity (Wildman–Crippen MR) is 159 cm³/mol. The molecule has 1 nitrogen and oxygen atoms in total. The molecule has 184 valence electrons. The highest BCUT2D eigenvalue weighted by molar-refractivity contribution is 8.00. The minimum atomic E-state index is 0.194. The molecule has 5 aromatic rings. The first-order valence-electron chi connectivity index (χ1n) is 13.0. The van der Waals surface area contributed by atoms with Crippen LogP contribution in [0, 0.1) is 17.8 Å². The van der Waals surface area contributed by atoms with Crippen molar-refractivity contribution in [3.8, 4) is 11.3 Å². The zero-order chi connectivity index (χ0) is 25.6. The molecule has 0 amide bonds. The number of benzene rings is 3. The second kappa shape index (κ2) is 8.07. The molecule has 0 radical (unpaired) electrons. The number of pyridine rings is 1. The molecule has 0 aliphatic carbocycles. The maximum atomic E-state index is 2.46. The lowest BCUT2D eigenvalue weighted by molar-refractivity contribution is -0.659. The Morgan fingerprint density at radius 1 is 0.806 bits per heavy atom. The molecule has 0 N–H and O–H groups in total. The summed E-state index contributed by atoms with van der Waals surface area (Å²) < 4.78 is 3.80. The largest absolute Gasteiger partial charge is 0.223 e. The molecule has 3 heteroatoms. The summed E-state index contributed by atoms with van der Waals surface area (Å²) in [5.41, 5.74) is 6.22. The summed E-state index contributed by atoms with van der Waals surface area (Å²) in [6.45, 7) is 16.6. The summed E-state index contributed by atoms with van der Waals surface area (Å²) in [6.07, 6.45) is 4.44. The third-order valence-corrected chi connectivity index (χ3v) is 9.92. The minimum Gasteiger partial charge on any atom is -0.200 e. The van der Waals surface area contributed by atoms with Gasteiger partial charge in [0, 0.05) is 25.4 Å². The van der Waals surface area contributed by atoms with Crippen LogP contribution in [0.4, 0.5) is 0 Å². The van der Waals surface area contributed by atoms with E-state index in [-0.39, 0.29) is 10.8 Å². The van der Waals surface area contributed by atoms with Crippen LogP contribution in [0.1, 0.15) is 57.5 Å². The molecule has 1 aliphatic rings. The molecule has 3 heterocycles. The fourth-order valence-electron chi connectivity index (χ4n) is 5.84. The number of nitrogens with zero attached hydrogens (tertiary/aromatic N) is 1. The molecule has 0 spiro atoms. The smallest absolute Gasteiger partial charge is 0.200 e. The van der Waals surface area contributed by atoms with Gasteiger partial charge in [-0.15, -0.1) is 11.3 Å². The van der Waals surface area contributed by atoms with Gasteiger partial charge in [0.25, 0.3) is 0 Å². The van der Waals surface area contributed by atoms with Gasteiger partial charge in [-0.3, -0.25) is 0 Å². The SMILES string of the molecule is Cc1c2c(c(CC(C)(C)C)c3cc4ccccc4cc13)Sc1c(CC(C)(C)C)sc3cc[n+](C)c-2c13. The predicted octanol–water partition coefficient (Wildman–Crippen LogP) is 9.65. The highest BCUT2D eigenvalue weighted by atomic mass is 32.2. The normalized spacial score (nSPS) is 13.7. The average Bonchev–Trinajstić information content (AvgIpc) is 3.13. The van der Waals surface area contributed by atoms with Crippen LogP contribution in [0.2, 0.25) is 0 Å². The van der Waals surface area contributed by atoms with E-state index in [1.807, 2.05) is 11.3 Å². The van der Waals surface area contributed by atoms with Crippen LogP contribution in [-0.4, -0.2) is 0 Å². The van der Waals surface area contributed by atoms with Crippen molar-refractivity contribution in [3.63, 3.8) is 0 Å². The van der Waals surface area contributed by atoms with Crippen LogP contribution in [-0.2, 0) is 19.9 Å². The summed E-state index contributed by atoms with van der Waals surface area (Å²) in [5, 5.41) is 6.95. The number of hydrogen-bond acceptors (Lipinski definition) is 2. The van der Waals surface area contributed by atoms with E-state index in [0.717, 1.165) is 12.8 Å². The third-order valence-electron chi connectivity index (χ3n) is 7.33. The Kier molecular flexibility index (Phi) is 5.38. The number of thiophene rings is 1. The van der Waals surface area contributed by atoms with Crippen LogP contribution in [0.3, 0.4) is 0 Å². The summed E-state index contributed by atoms with van der Waals surface area (Å²) in [4.78, 5) is 4.52. The van der Waals surface area contributed by atoms with Crippen molar-refractivity contribution in [2.24, 2.45) is 17.9 Å². The highest BCUT2D eigenvalue weighted by Crippen LogP contribution is 2.56. The number of rotatable bonds is 2. The Hall–Kier alpha value is -2.36. The maximum Gasteiger partial charge on any atom is 0.223 e. The molecule has 3 aromatic carbocycles. The molecule has 6 rings (SSSR count). The Bertz CT molecular complexity index is 1690. The first-order valence-corrected chi connectivity index (χ1v) is 14.6. The summed E-state index contributed by atoms with van der Waals surface area (Å²) >= 11 is 4.06. The fraction of sp³-hybridized carbons (Fsp3) is 0.364. The van der Waals surface area contributed by atoms with Gasteiger partial charge in [0.05, 0.1) is 10.9 Å². The third kappa shape index (κ3) is 3.87. The maximum absolute atomic E-state index is 2.46. The van der Waals surface area contributed by atoms with E-state index in [4.69, 9.17) is 0 Å². The summed E-state index contributed by atoms with van der Waals surface area (Å²) in [5.74, 6) is 0. The Balaban J connectivity index is 1.77. The van der Waals surface area contributed by atoms with Gasteiger partial charge in [0.15, 0.2) is 6.20 Å². The zero-order valence-electron chi connectivity index (χ0n) is 22.8. The van der Waals surface area contributed by atoms with E-state index in [2.05, 4.69) is 121 Å². The molecule has 0 fully saturated rings. The number of aromatic nitrogens is 1. The molecule has 36 heavy (non-hydrogen) atoms. The van der Waals surface area contributed by atoms with E-state index in [0.29, 0.717) is 0 Å². The average molecular weight is 511 g/mol. The first-order chi connectivity index (χ1) is 16.9. The Morgan fingerprint density at radius 2 is 1.44 bits per heavy atom. The standard InChI is InChI=1S/C33H36NS2/c1-19-22-15-20-11-9-10-12-21(20)16-23(22)24(17-32(2,3)4)30-27(19)29-28-25(13-14-34(29)8)35-26(31(28)36-30)18-33(5,6)7/h9-16H,17-18H2,1-8H3/q+1. The molecular weight excluding hydrogens is 475 g/mol. The molecule has 0 bridgehead atoms. The number of hydrogen-bond donors (Lipinski definition) is 0. The molecule has 1 aliphatic heterocycles. The zero-order valence-corrected chi connectivity index (χ0v) is 24.4. The van der Waals surface area contributed by atoms with Crippen molar-refractivity contribution < 1.29 is 4.57 Å². The second-order valence-electron chi connectivity index (χ2n) is 13.0. The quantitative estimate of drug-likeness (QED) is 0.166. The molecule has 0 saturated carbocycles. The van der Waals surface area contributed by atoms with Crippen molar-refractivity contribution in [2.45, 2.75) is 71.1 Å². The first kappa shape index (κ1) is 24.0. The molecule has 2 aromatic heterocycles. The van der Waals surface area contributed by atoms with E-state index < -0.39 is 0 Å². The number of fused-ring (bicyclic) bond motifs is 4. The fourth-order valence-corrected chi connectivity index (χ4v) is 8.91. The van der Waals surface area contributed by atoms with Gasteiger partial charge in [-0.1, -0.05) is 77.6 Å². The summed E-state index contributed by atoms with van der Waals surface area (Å²) in [7, 11) is 2.23. The van der Waals surface area contributed by atoms with E-state index in [1.54, 1.807) is 4.88 Å². The molecular formula is C33H36NS2+.